The fraction of sp³-hybridized carbons (Fsp3) is 1.00. The Labute approximate surface area is 106 Å². The van der Waals surface area contributed by atoms with E-state index in [0.717, 1.165) is 18.9 Å². The van der Waals surface area contributed by atoms with Gasteiger partial charge >= 0.3 is 0 Å². The second kappa shape index (κ2) is 6.71. The zero-order chi connectivity index (χ0) is 12.9. The Morgan fingerprint density at radius 2 is 1.88 bits per heavy atom. The molecular formula is C12H26N2O2S. The zero-order valence-corrected chi connectivity index (χ0v) is 12.2. The smallest absolute Gasteiger partial charge is 0.213 e. The average Bonchev–Trinajstić information content (AvgIpc) is 2.31. The summed E-state index contributed by atoms with van der Waals surface area (Å²) >= 11 is 0. The van der Waals surface area contributed by atoms with Gasteiger partial charge < -0.3 is 4.90 Å². The van der Waals surface area contributed by atoms with E-state index in [2.05, 4.69) is 11.8 Å². The van der Waals surface area contributed by atoms with E-state index in [1.165, 1.54) is 30.2 Å². The molecule has 0 aromatic carbocycles. The molecule has 1 saturated heterocycles. The average molecular weight is 262 g/mol. The van der Waals surface area contributed by atoms with E-state index >= 15 is 0 Å². The van der Waals surface area contributed by atoms with Crippen LogP contribution < -0.4 is 0 Å². The van der Waals surface area contributed by atoms with Crippen LogP contribution in [0.5, 0.6) is 0 Å². The lowest BCUT2D eigenvalue weighted by molar-refractivity contribution is 0.188. The number of sulfonamides is 1. The first-order valence-electron chi connectivity index (χ1n) is 6.62. The summed E-state index contributed by atoms with van der Waals surface area (Å²) in [5.41, 5.74) is 0. The molecule has 0 saturated carbocycles. The minimum absolute atomic E-state index is 0.199. The third kappa shape index (κ3) is 4.94. The van der Waals surface area contributed by atoms with E-state index in [-0.39, 0.29) is 5.75 Å². The molecule has 0 aliphatic carbocycles. The van der Waals surface area contributed by atoms with E-state index in [4.69, 9.17) is 0 Å². The van der Waals surface area contributed by atoms with Crippen LogP contribution in [0.15, 0.2) is 0 Å². The minimum Gasteiger partial charge on any atom is -0.303 e. The van der Waals surface area contributed by atoms with Crippen molar-refractivity contribution in [3.05, 3.63) is 0 Å². The van der Waals surface area contributed by atoms with Gasteiger partial charge in [-0.25, -0.2) is 12.7 Å². The summed E-state index contributed by atoms with van der Waals surface area (Å²) in [6.07, 6.45) is 3.50. The van der Waals surface area contributed by atoms with Gasteiger partial charge in [0.15, 0.2) is 0 Å². The van der Waals surface area contributed by atoms with Gasteiger partial charge in [-0.3, -0.25) is 0 Å². The number of piperidine rings is 1. The highest BCUT2D eigenvalue weighted by molar-refractivity contribution is 7.89. The molecule has 0 amide bonds. The summed E-state index contributed by atoms with van der Waals surface area (Å²) in [7, 11) is -1.32. The van der Waals surface area contributed by atoms with Crippen LogP contribution in [0.2, 0.25) is 0 Å². The van der Waals surface area contributed by atoms with Crippen molar-refractivity contribution in [3.8, 4) is 0 Å². The molecule has 0 radical (unpaired) electrons. The lowest BCUT2D eigenvalue weighted by Gasteiger charge is -2.30. The summed E-state index contributed by atoms with van der Waals surface area (Å²) < 4.78 is 24.6. The lowest BCUT2D eigenvalue weighted by atomic mass is 9.99. The van der Waals surface area contributed by atoms with Crippen LogP contribution in [-0.4, -0.2) is 56.6 Å². The first-order chi connectivity index (χ1) is 7.95. The Bertz CT molecular complexity index is 308. The van der Waals surface area contributed by atoms with Crippen LogP contribution in [0.25, 0.3) is 0 Å². The molecule has 1 heterocycles. The lowest BCUT2D eigenvalue weighted by Crippen LogP contribution is -2.36. The van der Waals surface area contributed by atoms with Gasteiger partial charge in [-0.05, 0) is 51.7 Å². The summed E-state index contributed by atoms with van der Waals surface area (Å²) in [6, 6.07) is 0. The molecule has 102 valence electrons. The summed E-state index contributed by atoms with van der Waals surface area (Å²) in [6.45, 7) is 8.01. The topological polar surface area (TPSA) is 40.6 Å². The van der Waals surface area contributed by atoms with E-state index in [9.17, 15) is 8.42 Å². The van der Waals surface area contributed by atoms with Gasteiger partial charge in [0.05, 0.1) is 5.75 Å². The van der Waals surface area contributed by atoms with E-state index in [1.54, 1.807) is 14.0 Å². The highest BCUT2D eigenvalue weighted by Gasteiger charge is 2.17. The molecule has 0 N–H and O–H groups in total. The van der Waals surface area contributed by atoms with Gasteiger partial charge in [0, 0.05) is 13.6 Å². The third-order valence-corrected chi connectivity index (χ3v) is 5.53. The predicted octanol–water partition coefficient (Wildman–Crippen LogP) is 1.39. The van der Waals surface area contributed by atoms with Gasteiger partial charge in [0.2, 0.25) is 10.0 Å². The van der Waals surface area contributed by atoms with Crippen LogP contribution >= 0.6 is 0 Å². The van der Waals surface area contributed by atoms with Gasteiger partial charge in [0.25, 0.3) is 0 Å². The fourth-order valence-electron chi connectivity index (χ4n) is 2.16. The van der Waals surface area contributed by atoms with Gasteiger partial charge in [-0.2, -0.15) is 0 Å². The summed E-state index contributed by atoms with van der Waals surface area (Å²) in [5.74, 6) is 1.06. The molecule has 5 heteroatoms. The first kappa shape index (κ1) is 14.9. The van der Waals surface area contributed by atoms with Crippen LogP contribution in [-0.2, 0) is 10.0 Å². The van der Waals surface area contributed by atoms with Crippen molar-refractivity contribution in [1.82, 2.24) is 9.21 Å². The molecule has 17 heavy (non-hydrogen) atoms. The van der Waals surface area contributed by atoms with E-state index in [1.807, 2.05) is 0 Å². The first-order valence-corrected chi connectivity index (χ1v) is 8.23. The Morgan fingerprint density at radius 1 is 1.29 bits per heavy atom. The number of hydrogen-bond donors (Lipinski definition) is 0. The summed E-state index contributed by atoms with van der Waals surface area (Å²) in [4.78, 5) is 2.45. The van der Waals surface area contributed by atoms with Crippen molar-refractivity contribution in [2.75, 3.05) is 39.0 Å². The van der Waals surface area contributed by atoms with Crippen molar-refractivity contribution in [1.29, 1.82) is 0 Å². The SMILES string of the molecule is CCS(=O)(=O)N(C)CCCN1CCC(C)CC1. The molecule has 0 atom stereocenters. The van der Waals surface area contributed by atoms with E-state index in [0.29, 0.717) is 6.54 Å². The molecule has 0 aromatic rings. The predicted molar refractivity (Wildman–Crippen MR) is 71.5 cm³/mol. The van der Waals surface area contributed by atoms with Crippen LogP contribution in [0, 0.1) is 5.92 Å². The number of rotatable bonds is 6. The normalized spacial score (nSPS) is 20.0. The fourth-order valence-corrected chi connectivity index (χ4v) is 3.01. The molecule has 0 spiro atoms. The molecule has 1 rings (SSSR count). The van der Waals surface area contributed by atoms with Gasteiger partial charge in [-0.1, -0.05) is 6.92 Å². The summed E-state index contributed by atoms with van der Waals surface area (Å²) in [5, 5.41) is 0. The Hall–Kier alpha value is -0.130. The Morgan fingerprint density at radius 3 is 2.41 bits per heavy atom. The number of nitrogens with zero attached hydrogens (tertiary/aromatic N) is 2. The van der Waals surface area contributed by atoms with Gasteiger partial charge in [-0.15, -0.1) is 0 Å². The molecule has 1 aliphatic heterocycles. The van der Waals surface area contributed by atoms with Crippen molar-refractivity contribution in [2.24, 2.45) is 5.92 Å². The molecule has 0 bridgehead atoms. The maximum atomic E-state index is 11.5. The largest absolute Gasteiger partial charge is 0.303 e. The molecular weight excluding hydrogens is 236 g/mol. The molecule has 0 aromatic heterocycles. The van der Waals surface area contributed by atoms with Crippen LogP contribution in [0.3, 0.4) is 0 Å². The van der Waals surface area contributed by atoms with Crippen molar-refractivity contribution >= 4 is 10.0 Å². The maximum Gasteiger partial charge on any atom is 0.213 e. The zero-order valence-electron chi connectivity index (χ0n) is 11.4. The highest BCUT2D eigenvalue weighted by Crippen LogP contribution is 2.15. The minimum atomic E-state index is -3.00. The second-order valence-corrected chi connectivity index (χ2v) is 7.46. The second-order valence-electron chi connectivity index (χ2n) is 5.10. The number of hydrogen-bond acceptors (Lipinski definition) is 3. The number of likely N-dealkylation sites (tertiary alicyclic amines) is 1. The molecule has 0 unspecified atom stereocenters. The van der Waals surface area contributed by atoms with Crippen LogP contribution in [0.1, 0.15) is 33.1 Å². The molecule has 1 aliphatic rings. The third-order valence-electron chi connectivity index (χ3n) is 3.66. The van der Waals surface area contributed by atoms with Crippen molar-refractivity contribution in [3.63, 3.8) is 0 Å². The Kier molecular flexibility index (Phi) is 5.89. The molecule has 4 nitrogen and oxygen atoms in total. The maximum absolute atomic E-state index is 11.5. The quantitative estimate of drug-likeness (QED) is 0.726. The van der Waals surface area contributed by atoms with Crippen molar-refractivity contribution < 1.29 is 8.42 Å². The Balaban J connectivity index is 2.20. The molecule has 1 fully saturated rings. The highest BCUT2D eigenvalue weighted by atomic mass is 32.2. The van der Waals surface area contributed by atoms with Crippen molar-refractivity contribution in [2.45, 2.75) is 33.1 Å². The van der Waals surface area contributed by atoms with Crippen LogP contribution in [0.4, 0.5) is 0 Å². The standard InChI is InChI=1S/C12H26N2O2S/c1-4-17(15,16)13(3)8-5-9-14-10-6-12(2)7-11-14/h12H,4-11H2,1-3H3. The van der Waals surface area contributed by atoms with E-state index < -0.39 is 10.0 Å². The monoisotopic (exact) mass is 262 g/mol. The van der Waals surface area contributed by atoms with Gasteiger partial charge in [0.1, 0.15) is 0 Å².